The molecular weight excluding hydrogens is 415 g/mol. The zero-order chi connectivity index (χ0) is 21.8. The van der Waals surface area contributed by atoms with Crippen LogP contribution in [0.25, 0.3) is 0 Å². The first-order valence-electron chi connectivity index (χ1n) is 10.1. The number of nitrogens with zero attached hydrogens (tertiary/aromatic N) is 2. The molecule has 4 rings (SSSR count). The molecule has 3 aromatic carbocycles. The average Bonchev–Trinajstić information content (AvgIpc) is 3.23. The van der Waals surface area contributed by atoms with Crippen molar-refractivity contribution in [3.8, 4) is 0 Å². The molecule has 0 bridgehead atoms. The normalized spacial score (nSPS) is 15.3. The first-order chi connectivity index (χ1) is 15.0. The summed E-state index contributed by atoms with van der Waals surface area (Å²) in [5.41, 5.74) is 3.79. The van der Waals surface area contributed by atoms with Crippen molar-refractivity contribution in [2.75, 3.05) is 6.54 Å². The molecule has 3 aromatic rings. The Hall–Kier alpha value is -3.18. The first kappa shape index (κ1) is 21.1. The number of oxime groups is 1. The van der Waals surface area contributed by atoms with Crippen LogP contribution in [-0.4, -0.2) is 29.2 Å². The van der Waals surface area contributed by atoms with Crippen LogP contribution in [0.15, 0.2) is 78.0 Å². The van der Waals surface area contributed by atoms with Crippen LogP contribution in [0.3, 0.4) is 0 Å². The lowest BCUT2D eigenvalue weighted by molar-refractivity contribution is 0.0402. The molecule has 1 amide bonds. The zero-order valence-electron chi connectivity index (χ0n) is 17.1. The van der Waals surface area contributed by atoms with Crippen molar-refractivity contribution in [1.29, 1.82) is 0 Å². The Morgan fingerprint density at radius 1 is 1.10 bits per heavy atom. The maximum absolute atomic E-state index is 14.3. The van der Waals surface area contributed by atoms with Gasteiger partial charge in [-0.2, -0.15) is 0 Å². The highest BCUT2D eigenvalue weighted by Gasteiger charge is 2.29. The summed E-state index contributed by atoms with van der Waals surface area (Å²) in [5.74, 6) is -0.966. The van der Waals surface area contributed by atoms with Gasteiger partial charge < -0.3 is 9.74 Å². The molecule has 158 valence electrons. The molecule has 0 saturated carbocycles. The van der Waals surface area contributed by atoms with Gasteiger partial charge in [0, 0.05) is 23.6 Å². The molecular formula is C25H22ClFN2O2. The zero-order valence-corrected chi connectivity index (χ0v) is 17.8. The predicted octanol–water partition coefficient (Wildman–Crippen LogP) is 5.62. The number of hydrogen-bond acceptors (Lipinski definition) is 3. The van der Waals surface area contributed by atoms with Crippen LogP contribution in [-0.2, 0) is 11.4 Å². The van der Waals surface area contributed by atoms with Gasteiger partial charge in [0.1, 0.15) is 5.82 Å². The van der Waals surface area contributed by atoms with Crippen molar-refractivity contribution in [1.82, 2.24) is 4.90 Å². The molecule has 0 aliphatic carbocycles. The molecule has 0 radical (unpaired) electrons. The van der Waals surface area contributed by atoms with E-state index < -0.39 is 11.7 Å². The number of carbonyl (C=O) groups is 1. The molecule has 1 heterocycles. The van der Waals surface area contributed by atoms with Crippen LogP contribution in [0.4, 0.5) is 4.39 Å². The van der Waals surface area contributed by atoms with Gasteiger partial charge in [0.05, 0.1) is 17.8 Å². The number of amides is 1. The highest BCUT2D eigenvalue weighted by atomic mass is 35.5. The van der Waals surface area contributed by atoms with Crippen LogP contribution in [0.1, 0.15) is 33.5 Å². The van der Waals surface area contributed by atoms with E-state index in [-0.39, 0.29) is 24.8 Å². The highest BCUT2D eigenvalue weighted by molar-refractivity contribution is 6.31. The second-order valence-electron chi connectivity index (χ2n) is 7.54. The van der Waals surface area contributed by atoms with Crippen molar-refractivity contribution in [2.45, 2.75) is 26.0 Å². The molecule has 1 unspecified atom stereocenters. The minimum Gasteiger partial charge on any atom is -0.390 e. The summed E-state index contributed by atoms with van der Waals surface area (Å²) >= 11 is 6.32. The van der Waals surface area contributed by atoms with Gasteiger partial charge in [-0.1, -0.05) is 71.4 Å². The number of carbonyl (C=O) groups excluding carboxylic acids is 1. The molecule has 1 atom stereocenters. The van der Waals surface area contributed by atoms with Crippen LogP contribution >= 0.6 is 11.6 Å². The molecule has 0 fully saturated rings. The lowest BCUT2D eigenvalue weighted by atomic mass is 10.00. The minimum atomic E-state index is -0.555. The van der Waals surface area contributed by atoms with Gasteiger partial charge in [-0.3, -0.25) is 4.79 Å². The third kappa shape index (κ3) is 4.78. The van der Waals surface area contributed by atoms with Gasteiger partial charge in [-0.25, -0.2) is 4.39 Å². The Morgan fingerprint density at radius 2 is 1.81 bits per heavy atom. The summed E-state index contributed by atoms with van der Waals surface area (Å²) in [7, 11) is 0. The molecule has 0 N–H and O–H groups in total. The molecule has 0 spiro atoms. The van der Waals surface area contributed by atoms with E-state index in [1.54, 1.807) is 23.1 Å². The average molecular weight is 437 g/mol. The monoisotopic (exact) mass is 436 g/mol. The van der Waals surface area contributed by atoms with Crippen LogP contribution in [0, 0.1) is 12.7 Å². The molecule has 31 heavy (non-hydrogen) atoms. The van der Waals surface area contributed by atoms with Crippen molar-refractivity contribution in [2.24, 2.45) is 5.16 Å². The van der Waals surface area contributed by atoms with E-state index in [9.17, 15) is 9.18 Å². The van der Waals surface area contributed by atoms with Gasteiger partial charge >= 0.3 is 0 Å². The van der Waals surface area contributed by atoms with Crippen LogP contribution < -0.4 is 0 Å². The second-order valence-corrected chi connectivity index (χ2v) is 7.95. The largest absolute Gasteiger partial charge is 0.390 e. The van der Waals surface area contributed by atoms with Crippen molar-refractivity contribution in [3.05, 3.63) is 106 Å². The van der Waals surface area contributed by atoms with E-state index in [0.717, 1.165) is 22.4 Å². The Labute approximate surface area is 185 Å². The number of hydrogen-bond donors (Lipinski definition) is 0. The molecule has 1 aliphatic rings. The summed E-state index contributed by atoms with van der Waals surface area (Å²) in [6, 6.07) is 21.3. The fourth-order valence-electron chi connectivity index (χ4n) is 3.68. The summed E-state index contributed by atoms with van der Waals surface area (Å²) < 4.78 is 14.3. The Kier molecular flexibility index (Phi) is 6.33. The molecule has 1 aliphatic heterocycles. The summed E-state index contributed by atoms with van der Waals surface area (Å²) in [6.45, 7) is 2.53. The number of aryl methyl sites for hydroxylation is 1. The third-order valence-electron chi connectivity index (χ3n) is 5.32. The van der Waals surface area contributed by atoms with E-state index in [1.807, 2.05) is 49.4 Å². The number of halogens is 2. The van der Waals surface area contributed by atoms with E-state index >= 15 is 0 Å². The lowest BCUT2D eigenvalue weighted by Gasteiger charge is -2.25. The fraction of sp³-hybridized carbons (Fsp3) is 0.200. The van der Waals surface area contributed by atoms with E-state index in [2.05, 4.69) is 5.16 Å². The third-order valence-corrected chi connectivity index (χ3v) is 5.69. The molecule has 6 heteroatoms. The van der Waals surface area contributed by atoms with Crippen LogP contribution in [0.5, 0.6) is 0 Å². The van der Waals surface area contributed by atoms with Crippen LogP contribution in [0.2, 0.25) is 5.02 Å². The van der Waals surface area contributed by atoms with Gasteiger partial charge in [0.15, 0.2) is 6.10 Å². The molecule has 0 aromatic heterocycles. The van der Waals surface area contributed by atoms with Crippen molar-refractivity contribution in [3.63, 3.8) is 0 Å². The summed E-state index contributed by atoms with van der Waals surface area (Å²) in [5, 5.41) is 4.81. The minimum absolute atomic E-state index is 0.0209. The predicted molar refractivity (Wildman–Crippen MR) is 120 cm³/mol. The van der Waals surface area contributed by atoms with E-state index in [0.29, 0.717) is 11.4 Å². The van der Waals surface area contributed by atoms with Gasteiger partial charge in [-0.15, -0.1) is 0 Å². The summed E-state index contributed by atoms with van der Waals surface area (Å²) in [4.78, 5) is 20.5. The Morgan fingerprint density at radius 3 is 2.58 bits per heavy atom. The topological polar surface area (TPSA) is 41.9 Å². The second kappa shape index (κ2) is 9.31. The van der Waals surface area contributed by atoms with E-state index in [4.69, 9.17) is 16.4 Å². The van der Waals surface area contributed by atoms with E-state index in [1.165, 1.54) is 12.1 Å². The lowest BCUT2D eigenvalue weighted by Crippen LogP contribution is -2.37. The quantitative estimate of drug-likeness (QED) is 0.503. The Balaban J connectivity index is 1.55. The van der Waals surface area contributed by atoms with Gasteiger partial charge in [0.25, 0.3) is 5.91 Å². The SMILES string of the molecule is Cc1ccccc1C1=NOC(CN(Cc2ccccc2Cl)C(=O)c2ccccc2F)C1. The maximum atomic E-state index is 14.3. The smallest absolute Gasteiger partial charge is 0.257 e. The standard InChI is InChI=1S/C25H22ClFN2O2/c1-17-8-2-4-10-20(17)24-14-19(31-28-24)16-29(15-18-9-3-6-12-22(18)26)25(30)21-11-5-7-13-23(21)27/h2-13,19H,14-16H2,1H3. The number of rotatable bonds is 6. The van der Waals surface area contributed by atoms with Gasteiger partial charge in [0.2, 0.25) is 0 Å². The van der Waals surface area contributed by atoms with Crippen molar-refractivity contribution >= 4 is 23.2 Å². The van der Waals surface area contributed by atoms with Gasteiger partial charge in [-0.05, 0) is 36.2 Å². The Bertz CT molecular complexity index is 1130. The molecule has 4 nitrogen and oxygen atoms in total. The summed E-state index contributed by atoms with van der Waals surface area (Å²) in [6.07, 6.45) is 0.238. The fourth-order valence-corrected chi connectivity index (χ4v) is 3.88. The molecule has 0 saturated heterocycles. The maximum Gasteiger partial charge on any atom is 0.257 e. The first-order valence-corrected chi connectivity index (χ1v) is 10.5. The van der Waals surface area contributed by atoms with Crippen molar-refractivity contribution < 1.29 is 14.0 Å². The number of benzene rings is 3. The highest BCUT2D eigenvalue weighted by Crippen LogP contribution is 2.24.